The van der Waals surface area contributed by atoms with Crippen LogP contribution in [0.4, 0.5) is 0 Å². The van der Waals surface area contributed by atoms with Gasteiger partial charge in [0.1, 0.15) is 11.3 Å². The molecule has 0 saturated carbocycles. The third-order valence-electron chi connectivity index (χ3n) is 5.34. The number of fused-ring (bicyclic) bond motifs is 2. The average molecular weight is 408 g/mol. The minimum absolute atomic E-state index is 0.867. The van der Waals surface area contributed by atoms with Gasteiger partial charge in [-0.1, -0.05) is 12.1 Å². The Kier molecular flexibility index (Phi) is 3.79. The molecule has 0 amide bonds. The Labute approximate surface area is 176 Å². The number of thiophene rings is 1. The van der Waals surface area contributed by atoms with Crippen molar-refractivity contribution in [3.05, 3.63) is 78.1 Å². The summed E-state index contributed by atoms with van der Waals surface area (Å²) in [6.07, 6.45) is 5.62. The smallest absolute Gasteiger partial charge is 0.138 e. The Morgan fingerprint density at radius 1 is 0.933 bits per heavy atom. The zero-order valence-corrected chi connectivity index (χ0v) is 17.0. The lowest BCUT2D eigenvalue weighted by molar-refractivity contribution is 1.12. The highest BCUT2D eigenvalue weighted by Crippen LogP contribution is 2.35. The normalized spacial score (nSPS) is 11.5. The number of hydrogen-bond donors (Lipinski definition) is 2. The molecule has 0 bridgehead atoms. The molecule has 0 saturated heterocycles. The maximum absolute atomic E-state index is 4.61. The van der Waals surface area contributed by atoms with Crippen LogP contribution < -0.4 is 0 Å². The molecule has 2 N–H and O–H groups in total. The van der Waals surface area contributed by atoms with E-state index in [1.165, 1.54) is 10.4 Å². The van der Waals surface area contributed by atoms with Crippen LogP contribution in [0.3, 0.4) is 0 Å². The second-order valence-corrected chi connectivity index (χ2v) is 8.31. The van der Waals surface area contributed by atoms with E-state index in [2.05, 4.69) is 86.0 Å². The highest BCUT2D eigenvalue weighted by molar-refractivity contribution is 7.13. The van der Waals surface area contributed by atoms with E-state index in [9.17, 15) is 0 Å². The number of pyridine rings is 2. The van der Waals surface area contributed by atoms with Gasteiger partial charge in [0.15, 0.2) is 0 Å². The van der Waals surface area contributed by atoms with Crippen molar-refractivity contribution in [2.45, 2.75) is 6.92 Å². The third kappa shape index (κ3) is 2.73. The molecule has 0 fully saturated rings. The summed E-state index contributed by atoms with van der Waals surface area (Å²) < 4.78 is 0. The molecule has 6 aromatic rings. The Bertz CT molecular complexity index is 1510. The SMILES string of the molecule is Cc1cncc(-c2ccc3[nH]nc(-c4cc5c(-c6cccs6)ccnc5[nH]4)c3c2)c1. The van der Waals surface area contributed by atoms with Crippen molar-refractivity contribution < 1.29 is 0 Å². The van der Waals surface area contributed by atoms with Gasteiger partial charge in [0.05, 0.1) is 11.2 Å². The predicted molar refractivity (Wildman–Crippen MR) is 122 cm³/mol. The molecule has 6 rings (SSSR count). The first-order chi connectivity index (χ1) is 14.8. The van der Waals surface area contributed by atoms with Gasteiger partial charge >= 0.3 is 0 Å². The van der Waals surface area contributed by atoms with Crippen LogP contribution in [-0.2, 0) is 0 Å². The van der Waals surface area contributed by atoms with E-state index in [4.69, 9.17) is 0 Å². The van der Waals surface area contributed by atoms with Crippen LogP contribution in [0.1, 0.15) is 5.56 Å². The molecule has 0 radical (unpaired) electrons. The monoisotopic (exact) mass is 407 g/mol. The standard InChI is InChI=1S/C24H17N5S/c1-14-9-16(13-25-12-14)15-4-5-20-19(10-15)23(29-28-20)21-11-18-17(22-3-2-8-30-22)6-7-26-24(18)27-21/h2-13H,1H3,(H,26,27)(H,28,29). The van der Waals surface area contributed by atoms with Crippen molar-refractivity contribution in [3.63, 3.8) is 0 Å². The summed E-state index contributed by atoms with van der Waals surface area (Å²) in [5.41, 5.74) is 8.25. The highest BCUT2D eigenvalue weighted by atomic mass is 32.1. The lowest BCUT2D eigenvalue weighted by Crippen LogP contribution is -1.83. The fourth-order valence-corrected chi connectivity index (χ4v) is 4.68. The molecule has 1 aromatic carbocycles. The van der Waals surface area contributed by atoms with Crippen LogP contribution >= 0.6 is 11.3 Å². The Morgan fingerprint density at radius 3 is 2.77 bits per heavy atom. The molecular formula is C24H17N5S. The van der Waals surface area contributed by atoms with Gasteiger partial charge in [-0.2, -0.15) is 5.10 Å². The molecule has 0 spiro atoms. The predicted octanol–water partition coefficient (Wildman–Crippen LogP) is 6.21. The van der Waals surface area contributed by atoms with Crippen LogP contribution in [0.5, 0.6) is 0 Å². The van der Waals surface area contributed by atoms with Gasteiger partial charge in [0.25, 0.3) is 0 Å². The van der Waals surface area contributed by atoms with E-state index >= 15 is 0 Å². The first kappa shape index (κ1) is 17.1. The zero-order chi connectivity index (χ0) is 20.1. The lowest BCUT2D eigenvalue weighted by atomic mass is 10.0. The first-order valence-corrected chi connectivity index (χ1v) is 10.6. The summed E-state index contributed by atoms with van der Waals surface area (Å²) in [6.45, 7) is 2.06. The summed E-state index contributed by atoms with van der Waals surface area (Å²) in [5.74, 6) is 0. The second kappa shape index (κ2) is 6.64. The van der Waals surface area contributed by atoms with E-state index < -0.39 is 0 Å². The number of nitrogens with zero attached hydrogens (tertiary/aromatic N) is 3. The topological polar surface area (TPSA) is 70.2 Å². The summed E-state index contributed by atoms with van der Waals surface area (Å²) in [7, 11) is 0. The van der Waals surface area contributed by atoms with Crippen molar-refractivity contribution in [1.29, 1.82) is 0 Å². The number of rotatable bonds is 3. The summed E-state index contributed by atoms with van der Waals surface area (Å²) in [6, 6.07) is 16.9. The van der Waals surface area contributed by atoms with Gasteiger partial charge in [0, 0.05) is 45.4 Å². The van der Waals surface area contributed by atoms with Crippen molar-refractivity contribution in [2.75, 3.05) is 0 Å². The van der Waals surface area contributed by atoms with Gasteiger partial charge < -0.3 is 4.98 Å². The number of aryl methyl sites for hydroxylation is 1. The van der Waals surface area contributed by atoms with Crippen LogP contribution in [0, 0.1) is 6.92 Å². The summed E-state index contributed by atoms with van der Waals surface area (Å²) >= 11 is 1.73. The van der Waals surface area contributed by atoms with Crippen LogP contribution in [0.25, 0.3) is 54.9 Å². The van der Waals surface area contributed by atoms with Gasteiger partial charge in [-0.3, -0.25) is 10.1 Å². The molecule has 144 valence electrons. The molecule has 5 heterocycles. The molecule has 6 heteroatoms. The van der Waals surface area contributed by atoms with Crippen LogP contribution in [-0.4, -0.2) is 25.1 Å². The maximum Gasteiger partial charge on any atom is 0.138 e. The van der Waals surface area contributed by atoms with Crippen molar-refractivity contribution >= 4 is 33.3 Å². The molecule has 0 aliphatic heterocycles. The first-order valence-electron chi connectivity index (χ1n) is 9.68. The largest absolute Gasteiger partial charge is 0.338 e. The molecule has 0 aliphatic carbocycles. The lowest BCUT2D eigenvalue weighted by Gasteiger charge is -2.03. The zero-order valence-electron chi connectivity index (χ0n) is 16.2. The van der Waals surface area contributed by atoms with Crippen molar-refractivity contribution in [1.82, 2.24) is 25.1 Å². The van der Waals surface area contributed by atoms with Crippen LogP contribution in [0.2, 0.25) is 0 Å². The van der Waals surface area contributed by atoms with Gasteiger partial charge in [-0.05, 0) is 59.8 Å². The number of H-pyrrole nitrogens is 2. The minimum atomic E-state index is 0.867. The molecule has 0 aliphatic rings. The number of hydrogen-bond acceptors (Lipinski definition) is 4. The minimum Gasteiger partial charge on any atom is -0.338 e. The van der Waals surface area contributed by atoms with E-state index in [0.717, 1.165) is 50.0 Å². The second-order valence-electron chi connectivity index (χ2n) is 7.36. The molecule has 5 aromatic heterocycles. The van der Waals surface area contributed by atoms with E-state index in [1.807, 2.05) is 18.6 Å². The Hall–Kier alpha value is -3.77. The van der Waals surface area contributed by atoms with Crippen LogP contribution in [0.15, 0.2) is 72.5 Å². The average Bonchev–Trinajstić information content (AvgIpc) is 3.51. The van der Waals surface area contributed by atoms with E-state index in [-0.39, 0.29) is 0 Å². The third-order valence-corrected chi connectivity index (χ3v) is 6.25. The molecule has 0 atom stereocenters. The molecule has 5 nitrogen and oxygen atoms in total. The van der Waals surface area contributed by atoms with Gasteiger partial charge in [-0.25, -0.2) is 4.98 Å². The number of nitrogens with one attached hydrogen (secondary N) is 2. The Balaban J connectivity index is 1.52. The molecule has 0 unspecified atom stereocenters. The van der Waals surface area contributed by atoms with Crippen molar-refractivity contribution in [3.8, 4) is 33.0 Å². The van der Waals surface area contributed by atoms with Crippen molar-refractivity contribution in [2.24, 2.45) is 0 Å². The fourth-order valence-electron chi connectivity index (χ4n) is 3.91. The maximum atomic E-state index is 4.61. The highest BCUT2D eigenvalue weighted by Gasteiger charge is 2.15. The summed E-state index contributed by atoms with van der Waals surface area (Å²) in [4.78, 5) is 13.6. The Morgan fingerprint density at radius 2 is 1.90 bits per heavy atom. The number of benzene rings is 1. The van der Waals surface area contributed by atoms with Gasteiger partial charge in [-0.15, -0.1) is 11.3 Å². The van der Waals surface area contributed by atoms with E-state index in [1.54, 1.807) is 11.3 Å². The quantitative estimate of drug-likeness (QED) is 0.367. The number of aromatic amines is 2. The molecular weight excluding hydrogens is 390 g/mol. The fraction of sp³-hybridized carbons (Fsp3) is 0.0417. The van der Waals surface area contributed by atoms with E-state index in [0.29, 0.717) is 0 Å². The van der Waals surface area contributed by atoms with Gasteiger partial charge in [0.2, 0.25) is 0 Å². The molecule has 30 heavy (non-hydrogen) atoms. The summed E-state index contributed by atoms with van der Waals surface area (Å²) in [5, 5.41) is 12.0. The number of aromatic nitrogens is 5.